The lowest BCUT2D eigenvalue weighted by molar-refractivity contribution is -0.0492. The van der Waals surface area contributed by atoms with Gasteiger partial charge in [0.25, 0.3) is 0 Å². The van der Waals surface area contributed by atoms with E-state index in [4.69, 9.17) is 16.3 Å². The first-order chi connectivity index (χ1) is 10.6. The Morgan fingerprint density at radius 3 is 2.50 bits per heavy atom. The van der Waals surface area contributed by atoms with Gasteiger partial charge in [-0.3, -0.25) is 8.78 Å². The first kappa shape index (κ1) is 16.7. The molecule has 1 aromatic heterocycles. The number of hydrogen-bond acceptors (Lipinski definition) is 3. The monoisotopic (exact) mass is 330 g/mol. The summed E-state index contributed by atoms with van der Waals surface area (Å²) in [6.45, 7) is -2.31. The van der Waals surface area contributed by atoms with Crippen LogP contribution in [0.5, 0.6) is 5.75 Å². The van der Waals surface area contributed by atoms with Gasteiger partial charge in [0, 0.05) is 17.4 Å². The number of nitrogens with zero attached hydrogens (tertiary/aromatic N) is 2. The average molecular weight is 331 g/mol. The van der Waals surface area contributed by atoms with E-state index in [9.17, 15) is 13.9 Å². The number of rotatable bonds is 8. The van der Waals surface area contributed by atoms with Gasteiger partial charge in [0.15, 0.2) is 0 Å². The number of halogens is 3. The van der Waals surface area contributed by atoms with E-state index >= 15 is 0 Å². The molecule has 1 atom stereocenters. The molecule has 0 amide bonds. The Morgan fingerprint density at radius 1 is 1.27 bits per heavy atom. The lowest BCUT2D eigenvalue weighted by Crippen LogP contribution is -2.46. The molecule has 1 aromatic carbocycles. The van der Waals surface area contributed by atoms with Gasteiger partial charge in [-0.05, 0) is 24.3 Å². The van der Waals surface area contributed by atoms with Gasteiger partial charge in [-0.15, -0.1) is 0 Å². The number of aromatic nitrogens is 2. The maximum absolute atomic E-state index is 13.4. The fraction of sp³-hybridized carbons (Fsp3) is 0.400. The highest BCUT2D eigenvalue weighted by atomic mass is 35.5. The minimum absolute atomic E-state index is 0.0395. The molecule has 0 radical (unpaired) electrons. The van der Waals surface area contributed by atoms with Crippen molar-refractivity contribution in [1.82, 2.24) is 9.55 Å². The molecule has 4 nitrogen and oxygen atoms in total. The van der Waals surface area contributed by atoms with Crippen LogP contribution in [0.25, 0.3) is 0 Å². The van der Waals surface area contributed by atoms with Crippen LogP contribution < -0.4 is 4.74 Å². The normalized spacial score (nSPS) is 13.1. The van der Waals surface area contributed by atoms with Crippen LogP contribution in [0.3, 0.4) is 0 Å². The van der Waals surface area contributed by atoms with Crippen LogP contribution in [0.15, 0.2) is 43.0 Å². The predicted octanol–water partition coefficient (Wildman–Crippen LogP) is 2.90. The van der Waals surface area contributed by atoms with E-state index in [0.29, 0.717) is 10.8 Å². The second kappa shape index (κ2) is 7.56. The summed E-state index contributed by atoms with van der Waals surface area (Å²) in [5, 5.41) is 10.8. The van der Waals surface area contributed by atoms with Crippen LogP contribution in [-0.2, 0) is 6.54 Å². The van der Waals surface area contributed by atoms with Gasteiger partial charge < -0.3 is 14.4 Å². The Kier molecular flexibility index (Phi) is 5.74. The molecule has 1 heterocycles. The van der Waals surface area contributed by atoms with Gasteiger partial charge in [-0.2, -0.15) is 0 Å². The Bertz CT molecular complexity index is 559. The zero-order valence-electron chi connectivity index (χ0n) is 11.8. The summed E-state index contributed by atoms with van der Waals surface area (Å²) in [6.07, 6.45) is 3.38. The number of imidazole rings is 1. The molecular weight excluding hydrogens is 314 g/mol. The topological polar surface area (TPSA) is 47.3 Å². The molecule has 0 fully saturated rings. The first-order valence-electron chi connectivity index (χ1n) is 6.74. The average Bonchev–Trinajstić information content (AvgIpc) is 3.03. The molecule has 2 aromatic rings. The summed E-state index contributed by atoms with van der Waals surface area (Å²) in [4.78, 5) is 3.83. The molecular formula is C15H17ClF2N2O2. The summed E-state index contributed by atoms with van der Waals surface area (Å²) in [7, 11) is 0. The van der Waals surface area contributed by atoms with E-state index in [2.05, 4.69) is 4.98 Å². The quantitative estimate of drug-likeness (QED) is 0.809. The minimum atomic E-state index is -1.62. The Balaban J connectivity index is 2.04. The third-order valence-electron chi connectivity index (χ3n) is 3.52. The fourth-order valence-corrected chi connectivity index (χ4v) is 2.06. The van der Waals surface area contributed by atoms with E-state index in [-0.39, 0.29) is 13.2 Å². The van der Waals surface area contributed by atoms with Crippen molar-refractivity contribution in [1.29, 1.82) is 0 Å². The molecule has 120 valence electrons. The van der Waals surface area contributed by atoms with Gasteiger partial charge in [0.2, 0.25) is 0 Å². The summed E-state index contributed by atoms with van der Waals surface area (Å²) in [5.74, 6) is 0.436. The number of aliphatic hydroxyl groups excluding tert-OH is 1. The highest BCUT2D eigenvalue weighted by Gasteiger charge is 2.40. The largest absolute Gasteiger partial charge is 0.493 e. The smallest absolute Gasteiger partial charge is 0.119 e. The van der Waals surface area contributed by atoms with E-state index in [1.54, 1.807) is 35.0 Å². The van der Waals surface area contributed by atoms with Gasteiger partial charge in [-0.25, -0.2) is 4.98 Å². The summed E-state index contributed by atoms with van der Waals surface area (Å²) >= 11 is 5.76. The molecule has 1 N–H and O–H groups in total. The van der Waals surface area contributed by atoms with E-state index in [1.165, 1.54) is 12.5 Å². The van der Waals surface area contributed by atoms with Crippen molar-refractivity contribution in [3.8, 4) is 5.75 Å². The zero-order valence-corrected chi connectivity index (χ0v) is 12.6. The second-order valence-corrected chi connectivity index (χ2v) is 5.58. The summed E-state index contributed by atoms with van der Waals surface area (Å²) < 4.78 is 33.9. The molecule has 0 spiro atoms. The number of benzene rings is 1. The maximum Gasteiger partial charge on any atom is 0.119 e. The molecule has 0 saturated carbocycles. The number of alkyl halides is 2. The van der Waals surface area contributed by atoms with Crippen LogP contribution in [0.4, 0.5) is 8.78 Å². The Labute approximate surface area is 132 Å². The van der Waals surface area contributed by atoms with Crippen LogP contribution in [-0.4, -0.2) is 40.7 Å². The SMILES string of the molecule is OC(Cn1ccnc1)C(CF)(CF)COc1ccc(Cl)cc1. The summed E-state index contributed by atoms with van der Waals surface area (Å²) in [6, 6.07) is 6.44. The molecule has 0 aliphatic rings. The van der Waals surface area contributed by atoms with E-state index in [1.807, 2.05) is 0 Å². The van der Waals surface area contributed by atoms with E-state index in [0.717, 1.165) is 0 Å². The van der Waals surface area contributed by atoms with Gasteiger partial charge in [-0.1, -0.05) is 11.6 Å². The predicted molar refractivity (Wildman–Crippen MR) is 79.6 cm³/mol. The van der Waals surface area contributed by atoms with Gasteiger partial charge in [0.05, 0.1) is 24.4 Å². The zero-order chi connectivity index (χ0) is 16.0. The molecule has 0 saturated heterocycles. The van der Waals surface area contributed by atoms with Crippen molar-refractivity contribution < 1.29 is 18.6 Å². The number of hydrogen-bond donors (Lipinski definition) is 1. The molecule has 0 bridgehead atoms. The molecule has 22 heavy (non-hydrogen) atoms. The van der Waals surface area contributed by atoms with Crippen molar-refractivity contribution in [2.75, 3.05) is 20.0 Å². The third-order valence-corrected chi connectivity index (χ3v) is 3.77. The molecule has 0 aliphatic carbocycles. The fourth-order valence-electron chi connectivity index (χ4n) is 1.93. The van der Waals surface area contributed by atoms with Crippen molar-refractivity contribution in [3.63, 3.8) is 0 Å². The van der Waals surface area contributed by atoms with E-state index < -0.39 is 24.9 Å². The van der Waals surface area contributed by atoms with Crippen LogP contribution in [0.2, 0.25) is 5.02 Å². The van der Waals surface area contributed by atoms with Crippen molar-refractivity contribution in [2.45, 2.75) is 12.6 Å². The second-order valence-electron chi connectivity index (χ2n) is 5.15. The van der Waals surface area contributed by atoms with Gasteiger partial charge >= 0.3 is 0 Å². The lowest BCUT2D eigenvalue weighted by Gasteiger charge is -2.32. The highest BCUT2D eigenvalue weighted by molar-refractivity contribution is 6.30. The number of aliphatic hydroxyl groups is 1. The van der Waals surface area contributed by atoms with Crippen molar-refractivity contribution in [3.05, 3.63) is 48.0 Å². The van der Waals surface area contributed by atoms with Crippen LogP contribution >= 0.6 is 11.6 Å². The first-order valence-corrected chi connectivity index (χ1v) is 7.11. The van der Waals surface area contributed by atoms with Crippen molar-refractivity contribution >= 4 is 11.6 Å². The van der Waals surface area contributed by atoms with Crippen LogP contribution in [0.1, 0.15) is 0 Å². The molecule has 0 aliphatic heterocycles. The standard InChI is InChI=1S/C15H17ClF2N2O2/c16-12-1-3-13(4-2-12)22-10-15(8-17,9-18)14(21)7-20-6-5-19-11-20/h1-6,11,14,21H,7-10H2. The summed E-state index contributed by atoms with van der Waals surface area (Å²) in [5.41, 5.74) is -1.62. The van der Waals surface area contributed by atoms with Gasteiger partial charge in [0.1, 0.15) is 25.7 Å². The molecule has 2 rings (SSSR count). The van der Waals surface area contributed by atoms with Crippen LogP contribution in [0, 0.1) is 5.41 Å². The number of ether oxygens (including phenoxy) is 1. The maximum atomic E-state index is 13.4. The highest BCUT2D eigenvalue weighted by Crippen LogP contribution is 2.27. The molecule has 1 unspecified atom stereocenters. The minimum Gasteiger partial charge on any atom is -0.493 e. The Morgan fingerprint density at radius 2 is 1.95 bits per heavy atom. The Hall–Kier alpha value is -1.66. The molecule has 7 heteroatoms. The third kappa shape index (κ3) is 3.96. The lowest BCUT2D eigenvalue weighted by atomic mass is 9.85. The van der Waals surface area contributed by atoms with Crippen molar-refractivity contribution in [2.24, 2.45) is 5.41 Å².